The normalized spacial score (nSPS) is 13.7. The van der Waals surface area contributed by atoms with E-state index in [1.54, 1.807) is 30.1 Å². The monoisotopic (exact) mass is 409 g/mol. The summed E-state index contributed by atoms with van der Waals surface area (Å²) >= 11 is 0. The molecule has 29 heavy (non-hydrogen) atoms. The minimum atomic E-state index is -3.68. The molecule has 4 rings (SSSR count). The number of likely N-dealkylation sites (N-methyl/N-ethyl adjacent to an activating group) is 1. The van der Waals surface area contributed by atoms with E-state index >= 15 is 0 Å². The summed E-state index contributed by atoms with van der Waals surface area (Å²) in [5.74, 6) is -0.0311. The van der Waals surface area contributed by atoms with Crippen LogP contribution in [0, 0.1) is 6.92 Å². The number of amides is 1. The Hall–Kier alpha value is -2.90. The number of rotatable bonds is 6. The van der Waals surface area contributed by atoms with Gasteiger partial charge >= 0.3 is 0 Å². The van der Waals surface area contributed by atoms with Crippen molar-refractivity contribution in [3.63, 3.8) is 0 Å². The molecule has 1 aliphatic heterocycles. The van der Waals surface area contributed by atoms with Crippen LogP contribution in [-0.4, -0.2) is 25.9 Å². The van der Waals surface area contributed by atoms with E-state index in [1.165, 1.54) is 5.56 Å². The first-order valence-electron chi connectivity index (χ1n) is 9.42. The Bertz CT molecular complexity index is 1160. The number of benzene rings is 2. The Kier molecular flexibility index (Phi) is 5.02. The fraction of sp³-hybridized carbons (Fsp3) is 0.227. The summed E-state index contributed by atoms with van der Waals surface area (Å²) in [7, 11) is -1.98. The van der Waals surface area contributed by atoms with E-state index in [1.807, 2.05) is 29.8 Å². The number of aryl methyl sites for hydroxylation is 1. The summed E-state index contributed by atoms with van der Waals surface area (Å²) in [4.78, 5) is 13.6. The van der Waals surface area contributed by atoms with Gasteiger partial charge in [0.1, 0.15) is 0 Å². The molecule has 1 amide bonds. The Morgan fingerprint density at radius 1 is 1.07 bits per heavy atom. The van der Waals surface area contributed by atoms with Crippen molar-refractivity contribution < 1.29 is 13.2 Å². The van der Waals surface area contributed by atoms with Crippen molar-refractivity contribution in [1.29, 1.82) is 0 Å². The zero-order valence-corrected chi connectivity index (χ0v) is 17.2. The van der Waals surface area contributed by atoms with Crippen LogP contribution in [0.25, 0.3) is 0 Å². The van der Waals surface area contributed by atoms with Gasteiger partial charge in [-0.25, -0.2) is 13.1 Å². The number of hydrogen-bond donors (Lipinski definition) is 1. The molecule has 7 heteroatoms. The molecule has 1 aromatic heterocycles. The third-order valence-corrected chi connectivity index (χ3v) is 6.68. The first kappa shape index (κ1) is 19.4. The molecule has 0 saturated carbocycles. The summed E-state index contributed by atoms with van der Waals surface area (Å²) in [5.41, 5.74) is 4.74. The second-order valence-electron chi connectivity index (χ2n) is 7.36. The maximum absolute atomic E-state index is 12.8. The lowest BCUT2D eigenvalue weighted by Crippen LogP contribution is -2.24. The molecule has 0 fully saturated rings. The fourth-order valence-corrected chi connectivity index (χ4v) is 4.57. The van der Waals surface area contributed by atoms with E-state index in [-0.39, 0.29) is 23.8 Å². The van der Waals surface area contributed by atoms with Crippen LogP contribution >= 0.6 is 0 Å². The van der Waals surface area contributed by atoms with Crippen LogP contribution in [0.5, 0.6) is 0 Å². The highest BCUT2D eigenvalue weighted by atomic mass is 32.2. The predicted molar refractivity (Wildman–Crippen MR) is 112 cm³/mol. The highest BCUT2D eigenvalue weighted by molar-refractivity contribution is 7.89. The quantitative estimate of drug-likeness (QED) is 0.681. The van der Waals surface area contributed by atoms with Crippen molar-refractivity contribution >= 4 is 21.6 Å². The van der Waals surface area contributed by atoms with E-state index in [4.69, 9.17) is 0 Å². The van der Waals surface area contributed by atoms with Crippen molar-refractivity contribution in [2.75, 3.05) is 11.9 Å². The van der Waals surface area contributed by atoms with Crippen LogP contribution in [-0.2, 0) is 34.3 Å². The van der Waals surface area contributed by atoms with Crippen molar-refractivity contribution in [2.45, 2.75) is 31.3 Å². The van der Waals surface area contributed by atoms with Crippen LogP contribution in [0.2, 0.25) is 0 Å². The maximum Gasteiger partial charge on any atom is 0.240 e. The van der Waals surface area contributed by atoms with Gasteiger partial charge in [0.15, 0.2) is 0 Å². The molecule has 3 aromatic rings. The summed E-state index contributed by atoms with van der Waals surface area (Å²) in [6.07, 6.45) is 2.18. The molecule has 0 saturated heterocycles. The molecular weight excluding hydrogens is 386 g/mol. The van der Waals surface area contributed by atoms with Gasteiger partial charge in [0.25, 0.3) is 0 Å². The molecule has 2 heterocycles. The molecule has 0 bridgehead atoms. The Morgan fingerprint density at radius 2 is 1.83 bits per heavy atom. The Morgan fingerprint density at radius 3 is 2.59 bits per heavy atom. The van der Waals surface area contributed by atoms with Crippen LogP contribution in [0.15, 0.2) is 65.7 Å². The molecule has 0 atom stereocenters. The van der Waals surface area contributed by atoms with Crippen LogP contribution < -0.4 is 9.62 Å². The topological polar surface area (TPSA) is 71.4 Å². The zero-order chi connectivity index (χ0) is 20.6. The number of sulfonamides is 1. The number of carbonyl (C=O) groups excluding carboxylic acids is 1. The number of carbonyl (C=O) groups is 1. The molecule has 0 aliphatic carbocycles. The Labute approximate surface area is 170 Å². The number of anilines is 1. The van der Waals surface area contributed by atoms with E-state index in [0.717, 1.165) is 22.5 Å². The Balaban J connectivity index is 1.48. The minimum absolute atomic E-state index is 0.0311. The van der Waals surface area contributed by atoms with Gasteiger partial charge in [-0.05, 0) is 48.4 Å². The fourth-order valence-electron chi connectivity index (χ4n) is 3.52. The van der Waals surface area contributed by atoms with Crippen molar-refractivity contribution in [3.05, 3.63) is 83.2 Å². The second-order valence-corrected chi connectivity index (χ2v) is 9.12. The number of aromatic nitrogens is 1. The van der Waals surface area contributed by atoms with Gasteiger partial charge in [0, 0.05) is 31.2 Å². The number of nitrogens with zero attached hydrogens (tertiary/aromatic N) is 2. The van der Waals surface area contributed by atoms with Crippen molar-refractivity contribution in [2.24, 2.45) is 0 Å². The van der Waals surface area contributed by atoms with Gasteiger partial charge in [0.05, 0.1) is 17.9 Å². The average Bonchev–Trinajstić information content (AvgIpc) is 3.25. The third kappa shape index (κ3) is 3.97. The van der Waals surface area contributed by atoms with E-state index in [9.17, 15) is 13.2 Å². The molecule has 6 nitrogen and oxygen atoms in total. The maximum atomic E-state index is 12.8. The SMILES string of the molecule is Cc1ccc(Cn2cccc2CNS(=O)(=O)c2ccc3c(c2)CC(=O)N3C)cc1. The minimum Gasteiger partial charge on any atom is -0.346 e. The van der Waals surface area contributed by atoms with E-state index in [2.05, 4.69) is 29.0 Å². The number of nitrogens with one attached hydrogen (secondary N) is 1. The molecule has 1 aliphatic rings. The zero-order valence-electron chi connectivity index (χ0n) is 16.4. The number of hydrogen-bond acceptors (Lipinski definition) is 3. The average molecular weight is 410 g/mol. The van der Waals surface area contributed by atoms with Gasteiger partial charge in [-0.15, -0.1) is 0 Å². The molecule has 0 radical (unpaired) electrons. The van der Waals surface area contributed by atoms with Gasteiger partial charge in [-0.3, -0.25) is 4.79 Å². The van der Waals surface area contributed by atoms with E-state index in [0.29, 0.717) is 6.54 Å². The third-order valence-electron chi connectivity index (χ3n) is 5.28. The van der Waals surface area contributed by atoms with Gasteiger partial charge in [-0.1, -0.05) is 29.8 Å². The molecule has 1 N–H and O–H groups in total. The first-order chi connectivity index (χ1) is 13.8. The van der Waals surface area contributed by atoms with Gasteiger partial charge < -0.3 is 9.47 Å². The second kappa shape index (κ2) is 7.50. The molecule has 150 valence electrons. The van der Waals surface area contributed by atoms with Gasteiger partial charge in [0.2, 0.25) is 15.9 Å². The lowest BCUT2D eigenvalue weighted by molar-refractivity contribution is -0.117. The molecule has 0 spiro atoms. The lowest BCUT2D eigenvalue weighted by Gasteiger charge is -2.13. The van der Waals surface area contributed by atoms with Crippen LogP contribution in [0.4, 0.5) is 5.69 Å². The van der Waals surface area contributed by atoms with Crippen LogP contribution in [0.3, 0.4) is 0 Å². The summed E-state index contributed by atoms with van der Waals surface area (Å²) in [5, 5.41) is 0. The predicted octanol–water partition coefficient (Wildman–Crippen LogP) is 2.84. The lowest BCUT2D eigenvalue weighted by atomic mass is 10.1. The highest BCUT2D eigenvalue weighted by Crippen LogP contribution is 2.29. The first-order valence-corrected chi connectivity index (χ1v) is 10.9. The van der Waals surface area contributed by atoms with Crippen LogP contribution in [0.1, 0.15) is 22.4 Å². The molecule has 0 unspecified atom stereocenters. The van der Waals surface area contributed by atoms with Crippen molar-refractivity contribution in [1.82, 2.24) is 9.29 Å². The largest absolute Gasteiger partial charge is 0.346 e. The van der Waals surface area contributed by atoms with Gasteiger partial charge in [-0.2, -0.15) is 0 Å². The molecular formula is C22H23N3O3S. The summed E-state index contributed by atoms with van der Waals surface area (Å²) < 4.78 is 30.3. The molecule has 2 aromatic carbocycles. The highest BCUT2D eigenvalue weighted by Gasteiger charge is 2.26. The smallest absolute Gasteiger partial charge is 0.240 e. The van der Waals surface area contributed by atoms with Crippen molar-refractivity contribution in [3.8, 4) is 0 Å². The summed E-state index contributed by atoms with van der Waals surface area (Å²) in [6, 6.07) is 16.9. The van der Waals surface area contributed by atoms with E-state index < -0.39 is 10.0 Å². The standard InChI is InChI=1S/C22H23N3O3S/c1-16-5-7-17(8-6-16)15-25-11-3-4-19(25)14-23-29(27,28)20-9-10-21-18(12-20)13-22(26)24(21)2/h3-12,23H,13-15H2,1-2H3. The number of fused-ring (bicyclic) bond motifs is 1. The summed E-state index contributed by atoms with van der Waals surface area (Å²) in [6.45, 7) is 2.92.